The first kappa shape index (κ1) is 24.0. The first-order valence-electron chi connectivity index (χ1n) is 12.1. The first-order valence-corrected chi connectivity index (χ1v) is 15.1. The Kier molecular flexibility index (Phi) is 5.55. The fraction of sp³-hybridized carbons (Fsp3) is 0.750. The first-order chi connectivity index (χ1) is 15.3. The topological polar surface area (TPSA) is 49.2 Å². The number of rotatable bonds is 5. The van der Waals surface area contributed by atoms with Crippen molar-refractivity contribution in [1.82, 2.24) is 14.5 Å². The molecule has 1 aliphatic heterocycles. The summed E-state index contributed by atoms with van der Waals surface area (Å²) >= 11 is 12.7. The number of fused-ring (bicyclic) bond motifs is 4. The number of imidazole rings is 1. The van der Waals surface area contributed by atoms with Crippen LogP contribution in [0.15, 0.2) is 0 Å². The van der Waals surface area contributed by atoms with Gasteiger partial charge < -0.3 is 14.0 Å². The van der Waals surface area contributed by atoms with Gasteiger partial charge in [0, 0.05) is 0 Å². The van der Waals surface area contributed by atoms with E-state index in [1.165, 1.54) is 0 Å². The zero-order valence-electron chi connectivity index (χ0n) is 20.6. The van der Waals surface area contributed by atoms with Gasteiger partial charge in [-0.2, -0.15) is 0 Å². The Morgan fingerprint density at radius 2 is 1.55 bits per heavy atom. The van der Waals surface area contributed by atoms with E-state index in [9.17, 15) is 4.39 Å². The molecule has 2 aliphatic carbocycles. The molecule has 2 saturated carbocycles. The molecule has 5 atom stereocenters. The molecule has 182 valence electrons. The molecule has 1 saturated heterocycles. The van der Waals surface area contributed by atoms with Crippen LogP contribution in [-0.4, -0.2) is 40.6 Å². The lowest BCUT2D eigenvalue weighted by Crippen LogP contribution is -2.60. The summed E-state index contributed by atoms with van der Waals surface area (Å²) in [5, 5.41) is -0.257. The summed E-state index contributed by atoms with van der Waals surface area (Å²) in [6.07, 6.45) is 1.05. The van der Waals surface area contributed by atoms with E-state index in [4.69, 9.17) is 37.7 Å². The number of hydrogen-bond donors (Lipinski definition) is 0. The van der Waals surface area contributed by atoms with Crippen LogP contribution >= 0.6 is 23.2 Å². The Hall–Kier alpha value is -0.733. The highest BCUT2D eigenvalue weighted by atomic mass is 35.5. The van der Waals surface area contributed by atoms with E-state index in [0.29, 0.717) is 39.6 Å². The molecule has 0 spiro atoms. The average Bonchev–Trinajstić information content (AvgIpc) is 3.18. The van der Waals surface area contributed by atoms with Crippen LogP contribution in [0.3, 0.4) is 0 Å². The minimum absolute atomic E-state index is 0.0231. The van der Waals surface area contributed by atoms with Gasteiger partial charge in [-0.15, -0.1) is 0 Å². The van der Waals surface area contributed by atoms with E-state index in [2.05, 4.69) is 51.1 Å². The maximum Gasteiger partial charge on any atom is 0.181 e. The summed E-state index contributed by atoms with van der Waals surface area (Å²) in [7, 11) is -2.26. The molecule has 33 heavy (non-hydrogen) atoms. The molecule has 0 radical (unpaired) electrons. The van der Waals surface area contributed by atoms with Crippen molar-refractivity contribution in [3.63, 3.8) is 0 Å². The van der Waals surface area contributed by atoms with Crippen LogP contribution in [0.5, 0.6) is 0 Å². The van der Waals surface area contributed by atoms with Crippen LogP contribution < -0.4 is 5.45 Å². The predicted molar refractivity (Wildman–Crippen MR) is 133 cm³/mol. The molecule has 0 unspecified atom stereocenters. The monoisotopic (exact) mass is 513 g/mol. The number of halogens is 3. The second kappa shape index (κ2) is 7.63. The summed E-state index contributed by atoms with van der Waals surface area (Å²) in [6, 6.07) is 0.0231. The summed E-state index contributed by atoms with van der Waals surface area (Å²) in [5.41, 5.74) is 3.26. The van der Waals surface area contributed by atoms with Crippen LogP contribution in [0.1, 0.15) is 67.9 Å². The molecule has 0 bridgehead atoms. The Balaban J connectivity index is 1.83. The van der Waals surface area contributed by atoms with Gasteiger partial charge in [-0.1, -0.05) is 64.7 Å². The van der Waals surface area contributed by atoms with Crippen LogP contribution in [0.4, 0.5) is 4.39 Å². The van der Waals surface area contributed by atoms with Crippen LogP contribution in [0.25, 0.3) is 11.2 Å². The minimum atomic E-state index is -2.26. The third-order valence-electron chi connectivity index (χ3n) is 8.48. The van der Waals surface area contributed by atoms with Crippen molar-refractivity contribution >= 4 is 47.9 Å². The standard InChI is InChI=1S/C24H34Cl2FN3O2Si/c1-10(2)33(11(3)4,12(5)6)23-28-17-15(25)16(27)21(26)29-22(17)30(23)18-13-9-14(13)19-20(18)32-24(7,8)31-19/h10-14,18-20H,9H2,1-8H3/t13-,14+,18+,19+,20-/m0/s1. The highest BCUT2D eigenvalue weighted by Crippen LogP contribution is 2.63. The van der Waals surface area contributed by atoms with Crippen molar-refractivity contribution < 1.29 is 13.9 Å². The Morgan fingerprint density at radius 1 is 0.970 bits per heavy atom. The lowest BCUT2D eigenvalue weighted by atomic mass is 10.1. The van der Waals surface area contributed by atoms with Crippen molar-refractivity contribution in [3.05, 3.63) is 16.0 Å². The zero-order valence-corrected chi connectivity index (χ0v) is 23.1. The van der Waals surface area contributed by atoms with Crippen molar-refractivity contribution in [3.8, 4) is 0 Å². The van der Waals surface area contributed by atoms with Gasteiger partial charge in [0.05, 0.1) is 17.6 Å². The quantitative estimate of drug-likeness (QED) is 0.339. The van der Waals surface area contributed by atoms with E-state index in [-0.39, 0.29) is 28.4 Å². The molecule has 2 aromatic rings. The maximum absolute atomic E-state index is 14.7. The average molecular weight is 515 g/mol. The zero-order chi connectivity index (χ0) is 24.2. The van der Waals surface area contributed by atoms with Crippen LogP contribution in [-0.2, 0) is 9.47 Å². The molecule has 2 aromatic heterocycles. The van der Waals surface area contributed by atoms with E-state index in [1.54, 1.807) is 0 Å². The maximum atomic E-state index is 14.7. The second-order valence-corrected chi connectivity index (χ2v) is 18.0. The van der Waals surface area contributed by atoms with E-state index >= 15 is 0 Å². The van der Waals surface area contributed by atoms with Gasteiger partial charge in [-0.25, -0.2) is 14.4 Å². The fourth-order valence-electron chi connectivity index (χ4n) is 7.38. The Bertz CT molecular complexity index is 1100. The molecule has 5 nitrogen and oxygen atoms in total. The number of pyridine rings is 1. The molecule has 5 rings (SSSR count). The molecule has 0 N–H and O–H groups in total. The molecule has 0 amide bonds. The molecule has 3 heterocycles. The highest BCUT2D eigenvalue weighted by Gasteiger charge is 2.67. The Morgan fingerprint density at radius 3 is 2.12 bits per heavy atom. The van der Waals surface area contributed by atoms with E-state index in [1.807, 2.05) is 13.8 Å². The number of ether oxygens (including phenoxy) is 2. The SMILES string of the molecule is CC(C)[Si](c1nc2c(Cl)c(F)c(Cl)nc2n1[C@@H]1[C@H]2C[C@H]2[C@H]2OC(C)(C)O[C@H]21)(C(C)C)C(C)C. The van der Waals surface area contributed by atoms with Gasteiger partial charge in [-0.05, 0) is 48.7 Å². The van der Waals surface area contributed by atoms with Crippen LogP contribution in [0, 0.1) is 17.7 Å². The highest BCUT2D eigenvalue weighted by molar-refractivity contribution is 6.94. The van der Waals surface area contributed by atoms with Crippen LogP contribution in [0.2, 0.25) is 26.8 Å². The van der Waals surface area contributed by atoms with Gasteiger partial charge >= 0.3 is 0 Å². The molecule has 0 aromatic carbocycles. The minimum Gasteiger partial charge on any atom is -0.344 e. The lowest BCUT2D eigenvalue weighted by molar-refractivity contribution is -0.156. The second-order valence-electron chi connectivity index (χ2n) is 11.5. The smallest absolute Gasteiger partial charge is 0.181 e. The largest absolute Gasteiger partial charge is 0.344 e. The predicted octanol–water partition coefficient (Wildman–Crippen LogP) is 6.47. The van der Waals surface area contributed by atoms with Gasteiger partial charge in [0.25, 0.3) is 0 Å². The fourth-order valence-corrected chi connectivity index (χ4v) is 14.3. The van der Waals surface area contributed by atoms with Crippen molar-refractivity contribution in [2.75, 3.05) is 0 Å². The van der Waals surface area contributed by atoms with E-state index < -0.39 is 19.7 Å². The molecular formula is C24H34Cl2FN3O2Si. The summed E-state index contributed by atoms with van der Waals surface area (Å²) in [6.45, 7) is 17.7. The summed E-state index contributed by atoms with van der Waals surface area (Å²) < 4.78 is 29.8. The third kappa shape index (κ3) is 3.22. The summed E-state index contributed by atoms with van der Waals surface area (Å²) in [4.78, 5) is 9.66. The number of aromatic nitrogens is 3. The molecule has 3 aliphatic rings. The van der Waals surface area contributed by atoms with Crippen molar-refractivity contribution in [1.29, 1.82) is 0 Å². The molecular weight excluding hydrogens is 480 g/mol. The number of hydrogen-bond acceptors (Lipinski definition) is 4. The van der Waals surface area contributed by atoms with Gasteiger partial charge in [0.15, 0.2) is 22.4 Å². The molecule has 9 heteroatoms. The van der Waals surface area contributed by atoms with Gasteiger partial charge in [0.2, 0.25) is 0 Å². The summed E-state index contributed by atoms with van der Waals surface area (Å²) in [5.74, 6) is -0.445. The van der Waals surface area contributed by atoms with Crippen molar-refractivity contribution in [2.45, 2.75) is 102 Å². The number of nitrogens with zero attached hydrogens (tertiary/aromatic N) is 3. The van der Waals surface area contributed by atoms with Gasteiger partial charge in [-0.3, -0.25) is 0 Å². The normalized spacial score (nSPS) is 30.7. The van der Waals surface area contributed by atoms with Gasteiger partial charge in [0.1, 0.15) is 24.7 Å². The van der Waals surface area contributed by atoms with E-state index in [0.717, 1.165) is 11.9 Å². The lowest BCUT2D eigenvalue weighted by Gasteiger charge is -2.43. The third-order valence-corrected chi connectivity index (χ3v) is 15.9. The molecule has 3 fully saturated rings. The Labute approximate surface area is 206 Å². The van der Waals surface area contributed by atoms with Crippen molar-refractivity contribution in [2.24, 2.45) is 11.8 Å².